The van der Waals surface area contributed by atoms with Crippen LogP contribution >= 0.6 is 0 Å². The molecule has 3 rings (SSSR count). The first-order valence-corrected chi connectivity index (χ1v) is 8.69. The van der Waals surface area contributed by atoms with Gasteiger partial charge in [-0.1, -0.05) is 0 Å². The first-order valence-electron chi connectivity index (χ1n) is 6.84. The Kier molecular flexibility index (Phi) is 3.31. The third-order valence-corrected chi connectivity index (χ3v) is 5.47. The number of piperidine rings is 1. The molecule has 3 atom stereocenters. The third-order valence-electron chi connectivity index (χ3n) is 4.20. The quantitative estimate of drug-likeness (QED) is 0.774. The average Bonchev–Trinajstić information content (AvgIpc) is 3.03. The number of carbonyl (C=O) groups is 1. The highest BCUT2D eigenvalue weighted by Gasteiger charge is 2.44. The van der Waals surface area contributed by atoms with Crippen LogP contribution in [0.15, 0.2) is 0 Å². The fraction of sp³-hybridized carbons (Fsp3) is 0.917. The summed E-state index contributed by atoms with van der Waals surface area (Å²) >= 11 is 0. The molecule has 1 aliphatic carbocycles. The summed E-state index contributed by atoms with van der Waals surface area (Å²) < 4.78 is 30.3. The Morgan fingerprint density at radius 3 is 2.68 bits per heavy atom. The van der Waals surface area contributed by atoms with Gasteiger partial charge in [0, 0.05) is 19.1 Å². The van der Waals surface area contributed by atoms with E-state index in [0.717, 1.165) is 25.7 Å². The van der Waals surface area contributed by atoms with Gasteiger partial charge in [0.25, 0.3) is 0 Å². The lowest BCUT2D eigenvalue weighted by molar-refractivity contribution is -0.132. The second-order valence-corrected chi connectivity index (χ2v) is 7.83. The Labute approximate surface area is 113 Å². The zero-order valence-electron chi connectivity index (χ0n) is 11.0. The number of hydrogen-bond donors (Lipinski definition) is 1. The Morgan fingerprint density at radius 2 is 2.05 bits per heavy atom. The maximum Gasteiger partial charge on any atom is 0.249 e. The molecule has 2 aliphatic heterocycles. The number of carbonyl (C=O) groups excluding carboxylic acids is 1. The van der Waals surface area contributed by atoms with Crippen LogP contribution in [0.1, 0.15) is 25.7 Å². The second-order valence-electron chi connectivity index (χ2n) is 5.85. The molecule has 0 aromatic rings. The van der Waals surface area contributed by atoms with E-state index in [1.165, 1.54) is 10.6 Å². The number of ether oxygens (including phenoxy) is 1. The molecule has 3 fully saturated rings. The van der Waals surface area contributed by atoms with Gasteiger partial charge in [-0.05, 0) is 31.6 Å². The molecule has 0 radical (unpaired) electrons. The molecular formula is C12H20N2O4S. The van der Waals surface area contributed by atoms with E-state index in [1.54, 1.807) is 0 Å². The van der Waals surface area contributed by atoms with Crippen molar-refractivity contribution in [3.63, 3.8) is 0 Å². The zero-order valence-corrected chi connectivity index (χ0v) is 11.9. The van der Waals surface area contributed by atoms with Gasteiger partial charge in [0.2, 0.25) is 15.9 Å². The van der Waals surface area contributed by atoms with E-state index in [9.17, 15) is 13.2 Å². The van der Waals surface area contributed by atoms with Crippen molar-refractivity contribution in [1.29, 1.82) is 0 Å². The molecule has 0 bridgehead atoms. The summed E-state index contributed by atoms with van der Waals surface area (Å²) in [5.74, 6) is 0.288. The van der Waals surface area contributed by atoms with E-state index in [-0.39, 0.29) is 12.0 Å². The van der Waals surface area contributed by atoms with Crippen molar-refractivity contribution in [2.24, 2.45) is 5.92 Å². The monoisotopic (exact) mass is 288 g/mol. The third kappa shape index (κ3) is 2.93. The average molecular weight is 288 g/mol. The van der Waals surface area contributed by atoms with E-state index >= 15 is 0 Å². The van der Waals surface area contributed by atoms with Gasteiger partial charge in [0.1, 0.15) is 6.10 Å². The van der Waals surface area contributed by atoms with Crippen molar-refractivity contribution >= 4 is 15.9 Å². The lowest BCUT2D eigenvalue weighted by Crippen LogP contribution is -2.45. The highest BCUT2D eigenvalue weighted by molar-refractivity contribution is 7.88. The summed E-state index contributed by atoms with van der Waals surface area (Å²) in [5, 5.41) is 2.95. The van der Waals surface area contributed by atoms with Crippen LogP contribution < -0.4 is 5.32 Å². The fourth-order valence-corrected chi connectivity index (χ4v) is 3.75. The van der Waals surface area contributed by atoms with E-state index < -0.39 is 16.1 Å². The Bertz CT molecular complexity index is 474. The predicted molar refractivity (Wildman–Crippen MR) is 69.0 cm³/mol. The van der Waals surface area contributed by atoms with Gasteiger partial charge in [-0.15, -0.1) is 0 Å². The molecule has 0 spiro atoms. The molecule has 0 aromatic carbocycles. The van der Waals surface area contributed by atoms with E-state index in [2.05, 4.69) is 5.32 Å². The first kappa shape index (κ1) is 13.3. The van der Waals surface area contributed by atoms with E-state index in [4.69, 9.17) is 4.74 Å². The Hall–Kier alpha value is -0.660. The van der Waals surface area contributed by atoms with Gasteiger partial charge >= 0.3 is 0 Å². The van der Waals surface area contributed by atoms with Crippen LogP contribution in [0.3, 0.4) is 0 Å². The van der Waals surface area contributed by atoms with Gasteiger partial charge in [-0.3, -0.25) is 4.79 Å². The van der Waals surface area contributed by atoms with Crippen LogP contribution in [0.25, 0.3) is 0 Å². The summed E-state index contributed by atoms with van der Waals surface area (Å²) in [7, 11) is -3.16. The van der Waals surface area contributed by atoms with Crippen molar-refractivity contribution in [3.05, 3.63) is 0 Å². The molecule has 108 valence electrons. The molecule has 2 saturated heterocycles. The topological polar surface area (TPSA) is 75.7 Å². The lowest BCUT2D eigenvalue weighted by Gasteiger charge is -2.32. The summed E-state index contributed by atoms with van der Waals surface area (Å²) in [4.78, 5) is 11.9. The number of nitrogens with zero attached hydrogens (tertiary/aromatic N) is 1. The molecule has 1 N–H and O–H groups in total. The van der Waals surface area contributed by atoms with Crippen LogP contribution in [-0.4, -0.2) is 56.2 Å². The standard InChI is InChI=1S/C12H20N2O4S/c1-19(16,17)14-5-4-8-6-10(18-11(8)7-14)12(15)13-9-2-3-9/h8-11H,2-7H2,1H3,(H,13,15)/t8-,10-,11+/m0/s1. The molecule has 7 heteroatoms. The predicted octanol–water partition coefficient (Wildman–Crippen LogP) is -0.296. The van der Waals surface area contributed by atoms with Crippen LogP contribution in [-0.2, 0) is 19.6 Å². The number of nitrogens with one attached hydrogen (secondary N) is 1. The van der Waals surface area contributed by atoms with Crippen molar-refractivity contribution < 1.29 is 17.9 Å². The summed E-state index contributed by atoms with van der Waals surface area (Å²) in [6.45, 7) is 0.928. The number of amides is 1. The van der Waals surface area contributed by atoms with Gasteiger partial charge < -0.3 is 10.1 Å². The van der Waals surface area contributed by atoms with Gasteiger partial charge in [0.15, 0.2) is 0 Å². The summed E-state index contributed by atoms with van der Waals surface area (Å²) in [6, 6.07) is 0.339. The molecule has 2 heterocycles. The lowest BCUT2D eigenvalue weighted by atomic mass is 9.93. The van der Waals surface area contributed by atoms with Crippen LogP contribution in [0.2, 0.25) is 0 Å². The molecule has 0 unspecified atom stereocenters. The molecular weight excluding hydrogens is 268 g/mol. The fourth-order valence-electron chi connectivity index (χ4n) is 2.89. The highest BCUT2D eigenvalue weighted by Crippen LogP contribution is 2.34. The molecule has 3 aliphatic rings. The highest BCUT2D eigenvalue weighted by atomic mass is 32.2. The number of rotatable bonds is 3. The second kappa shape index (κ2) is 4.71. The van der Waals surface area contributed by atoms with Gasteiger partial charge in [-0.25, -0.2) is 8.42 Å². The maximum atomic E-state index is 11.9. The van der Waals surface area contributed by atoms with Crippen LogP contribution in [0.4, 0.5) is 0 Å². The minimum atomic E-state index is -3.16. The largest absolute Gasteiger partial charge is 0.363 e. The first-order chi connectivity index (χ1) is 8.93. The molecule has 0 aromatic heterocycles. The minimum Gasteiger partial charge on any atom is -0.363 e. The summed E-state index contributed by atoms with van der Waals surface area (Å²) in [6.07, 6.45) is 4.33. The number of hydrogen-bond acceptors (Lipinski definition) is 4. The van der Waals surface area contributed by atoms with Crippen LogP contribution in [0, 0.1) is 5.92 Å². The Balaban J connectivity index is 1.59. The molecule has 1 saturated carbocycles. The van der Waals surface area contributed by atoms with E-state index in [0.29, 0.717) is 25.0 Å². The van der Waals surface area contributed by atoms with Crippen molar-refractivity contribution in [2.45, 2.75) is 43.9 Å². The van der Waals surface area contributed by atoms with Crippen LogP contribution in [0.5, 0.6) is 0 Å². The van der Waals surface area contributed by atoms with Crippen molar-refractivity contribution in [1.82, 2.24) is 9.62 Å². The molecule has 6 nitrogen and oxygen atoms in total. The maximum absolute atomic E-state index is 11.9. The normalized spacial score (nSPS) is 35.9. The minimum absolute atomic E-state index is 0.0252. The SMILES string of the molecule is CS(=O)(=O)N1CC[C@H]2C[C@@H](C(=O)NC3CC3)O[C@@H]2C1. The molecule has 1 amide bonds. The molecule has 19 heavy (non-hydrogen) atoms. The summed E-state index contributed by atoms with van der Waals surface area (Å²) in [5.41, 5.74) is 0. The van der Waals surface area contributed by atoms with Crippen molar-refractivity contribution in [2.75, 3.05) is 19.3 Å². The Morgan fingerprint density at radius 1 is 1.32 bits per heavy atom. The number of sulfonamides is 1. The zero-order chi connectivity index (χ0) is 13.6. The van der Waals surface area contributed by atoms with Gasteiger partial charge in [-0.2, -0.15) is 4.31 Å². The smallest absolute Gasteiger partial charge is 0.249 e. The van der Waals surface area contributed by atoms with Crippen molar-refractivity contribution in [3.8, 4) is 0 Å². The van der Waals surface area contributed by atoms with E-state index in [1.807, 2.05) is 0 Å². The number of fused-ring (bicyclic) bond motifs is 1. The van der Waals surface area contributed by atoms with Gasteiger partial charge in [0.05, 0.1) is 12.4 Å².